The van der Waals surface area contributed by atoms with Crippen molar-refractivity contribution in [3.63, 3.8) is 0 Å². The van der Waals surface area contributed by atoms with Crippen LogP contribution < -0.4 is 23.7 Å². The van der Waals surface area contributed by atoms with Crippen molar-refractivity contribution in [2.75, 3.05) is 119 Å². The van der Waals surface area contributed by atoms with Gasteiger partial charge in [-0.05, 0) is 184 Å². The zero-order valence-corrected chi connectivity index (χ0v) is 79.2. The van der Waals surface area contributed by atoms with Gasteiger partial charge < -0.3 is 133 Å². The van der Waals surface area contributed by atoms with E-state index >= 15 is 0 Å². The zero-order chi connectivity index (χ0) is 92.3. The van der Waals surface area contributed by atoms with E-state index in [-0.39, 0.29) is 53.4 Å². The van der Waals surface area contributed by atoms with Crippen molar-refractivity contribution < 1.29 is 133 Å². The molecule has 0 N–H and O–H groups in total. The molecule has 0 bridgehead atoms. The fourth-order valence-corrected chi connectivity index (χ4v) is 20.1. The molecule has 7 aromatic carbocycles. The van der Waals surface area contributed by atoms with Crippen LogP contribution in [-0.2, 0) is 133 Å². The van der Waals surface area contributed by atoms with Crippen LogP contribution in [0.5, 0.6) is 28.7 Å². The molecule has 28 heteroatoms. The Bertz CT molecular complexity index is 4740. The summed E-state index contributed by atoms with van der Waals surface area (Å²) in [6, 6.07) is 59.4. The molecule has 17 aliphatic rings. The van der Waals surface area contributed by atoms with E-state index in [1.807, 2.05) is 117 Å². The molecule has 15 aliphatic heterocycles. The molecular weight excluding hydrogens is 1730 g/mol. The number of hydrogen-bond acceptors (Lipinski definition) is 28. The highest BCUT2D eigenvalue weighted by Crippen LogP contribution is 2.48. The summed E-state index contributed by atoms with van der Waals surface area (Å²) in [5, 5.41) is 0. The maximum Gasteiger partial charge on any atom is 0.313 e. The van der Waals surface area contributed by atoms with Gasteiger partial charge >= 0.3 is 5.97 Å². The Hall–Kier alpha value is -7.38. The molecule has 28 nitrogen and oxygen atoms in total. The first-order valence-electron chi connectivity index (χ1n) is 49.5. The first-order valence-corrected chi connectivity index (χ1v) is 49.5. The van der Waals surface area contributed by atoms with Gasteiger partial charge in [-0.2, -0.15) is 0 Å². The molecule has 8 spiro atoms. The van der Waals surface area contributed by atoms with Crippen LogP contribution in [0.3, 0.4) is 0 Å². The molecule has 7 aromatic rings. The lowest BCUT2D eigenvalue weighted by Crippen LogP contribution is -2.32. The summed E-state index contributed by atoms with van der Waals surface area (Å²) in [6.07, 6.45) is 21.2. The van der Waals surface area contributed by atoms with E-state index in [2.05, 4.69) is 100 Å². The molecule has 135 heavy (non-hydrogen) atoms. The van der Waals surface area contributed by atoms with E-state index < -0.39 is 41.8 Å². The molecular formula is C107H136O28. The molecule has 0 radical (unpaired) electrons. The number of benzene rings is 7. The van der Waals surface area contributed by atoms with Crippen LogP contribution in [0.1, 0.15) is 209 Å². The Kier molecular flexibility index (Phi) is 30.7. The SMILES string of the molecule is C1CCC2OC3(CCCO3)OC2C1.CC(C)(c1ccc(OCC2COC3(CCCC3)O2)cc1)c1ccc(OCC2COC3(CCCO3)O2)cc1.CC(C)c1ccc(-c2ccc(OCC3COC4(CCCO4)O3)cc2)cc1.CC1(C)COC2(CCCO2)O1.c1cc(OCC2COC3(CCCO3)O2)ccc1CC1COC2(CCCO2)O1.c1ccc(OCC2COC3(OCc4ccccc43)O2)cc1. The van der Waals surface area contributed by atoms with Crippen LogP contribution in [0, 0.1) is 0 Å². The Morgan fingerprint density at radius 1 is 0.326 bits per heavy atom. The Morgan fingerprint density at radius 2 is 0.711 bits per heavy atom. The van der Waals surface area contributed by atoms with Gasteiger partial charge in [0.05, 0.1) is 116 Å². The Labute approximate surface area is 793 Å². The van der Waals surface area contributed by atoms with Crippen LogP contribution in [-0.4, -0.2) is 215 Å². The number of hydrogen-bond donors (Lipinski definition) is 0. The van der Waals surface area contributed by atoms with Gasteiger partial charge in [0, 0.05) is 68.8 Å². The summed E-state index contributed by atoms with van der Waals surface area (Å²) in [6.45, 7) is 23.9. The third-order valence-electron chi connectivity index (χ3n) is 27.5. The second-order valence-electron chi connectivity index (χ2n) is 39.2. The smallest absolute Gasteiger partial charge is 0.313 e. The number of rotatable bonds is 21. The van der Waals surface area contributed by atoms with Crippen molar-refractivity contribution in [1.29, 1.82) is 0 Å². The third kappa shape index (κ3) is 24.1. The summed E-state index contributed by atoms with van der Waals surface area (Å²) in [5.74, 6) is -1.22. The zero-order valence-electron chi connectivity index (χ0n) is 79.2. The molecule has 14 unspecified atom stereocenters. The number of ether oxygens (including phenoxy) is 28. The van der Waals surface area contributed by atoms with Crippen molar-refractivity contribution in [3.05, 3.63) is 209 Å². The van der Waals surface area contributed by atoms with Crippen LogP contribution in [0.25, 0.3) is 11.1 Å². The molecule has 15 heterocycles. The van der Waals surface area contributed by atoms with Gasteiger partial charge in [-0.1, -0.05) is 156 Å². The van der Waals surface area contributed by atoms with E-state index in [4.69, 9.17) is 133 Å². The fraction of sp³-hybridized carbons (Fsp3) is 0.607. The van der Waals surface area contributed by atoms with E-state index in [9.17, 15) is 0 Å². The minimum absolute atomic E-state index is 0.000123. The summed E-state index contributed by atoms with van der Waals surface area (Å²) >= 11 is 0. The minimum atomic E-state index is -1.04. The van der Waals surface area contributed by atoms with Crippen LogP contribution in [0.2, 0.25) is 0 Å². The Balaban J connectivity index is 0.000000108. The quantitative estimate of drug-likeness (QED) is 0.0647. The standard InChI is InChI=1S/C30H38O7.C22H26O4.C20H26O7.C17H16O4.C10H16O3.C8H14O3/c1-28(2,22-6-10-24(11-7-22)31-18-26-20-34-29(36-26)14-3-4-15-29)23-8-12-25(13-9-23)32-19-27-21-35-30(37-27)16-5-17-33-30;1-16(2)17-4-6-18(7-5-17)19-8-10-20(11-9-19)23-14-21-15-25-22(26-21)12-3-13-24-22;1-7-19(22-9-1)24-13-17(26-19)11-15-3-5-16(6-4-15)21-12-18-14-25-20(27-18)8-2-10-23-20;1-2-7-14(8-3-1)18-11-15-12-20-17(21-15)16-9-5-4-6-13(16)10-19-17;1-2-5-9-8(4-1)12-10(13-9)6-3-7-11-10;1-7(2)6-10-8(11-7)4-3-5-9-8/h6-13,26-27H,3-5,14-21H2,1-2H3;4-11,16,21H,3,12-15H2,1-2H3;3-6,17-18H,1-2,7-14H2;1-9,15H,10-12H2;8-9H,1-7H2;3-6H2,1-2H3. The second kappa shape index (κ2) is 43.0. The molecule has 2 aliphatic carbocycles. The summed E-state index contributed by atoms with van der Waals surface area (Å²) < 4.78 is 162. The van der Waals surface area contributed by atoms with E-state index in [1.54, 1.807) is 0 Å². The van der Waals surface area contributed by atoms with Gasteiger partial charge in [-0.15, -0.1) is 0 Å². The summed E-state index contributed by atoms with van der Waals surface area (Å²) in [7, 11) is 0. The van der Waals surface area contributed by atoms with Gasteiger partial charge in [0.15, 0.2) is 5.79 Å². The highest BCUT2D eigenvalue weighted by Gasteiger charge is 2.55. The van der Waals surface area contributed by atoms with Crippen LogP contribution >= 0.6 is 0 Å². The van der Waals surface area contributed by atoms with Crippen molar-refractivity contribution in [2.24, 2.45) is 0 Å². The van der Waals surface area contributed by atoms with Crippen LogP contribution in [0.15, 0.2) is 176 Å². The first kappa shape index (κ1) is 96.5. The Morgan fingerprint density at radius 3 is 1.16 bits per heavy atom. The molecule has 14 atom stereocenters. The molecule has 24 rings (SSSR count). The highest BCUT2D eigenvalue weighted by atomic mass is 16.9. The van der Waals surface area contributed by atoms with Gasteiger partial charge in [0.1, 0.15) is 92.3 Å². The summed E-state index contributed by atoms with van der Waals surface area (Å²) in [5.41, 5.74) is 9.12. The van der Waals surface area contributed by atoms with Crippen molar-refractivity contribution in [3.8, 4) is 39.9 Å². The van der Waals surface area contributed by atoms with Crippen molar-refractivity contribution >= 4 is 0 Å². The van der Waals surface area contributed by atoms with Gasteiger partial charge in [0.2, 0.25) is 0 Å². The fourth-order valence-electron chi connectivity index (χ4n) is 20.1. The second-order valence-corrected chi connectivity index (χ2v) is 39.2. The maximum atomic E-state index is 6.17. The van der Waals surface area contributed by atoms with Crippen molar-refractivity contribution in [2.45, 2.75) is 296 Å². The normalized spacial score (nSPS) is 32.9. The molecule has 0 aromatic heterocycles. The minimum Gasteiger partial charge on any atom is -0.491 e. The lowest BCUT2D eigenvalue weighted by molar-refractivity contribution is -0.342. The van der Waals surface area contributed by atoms with Gasteiger partial charge in [0.25, 0.3) is 35.8 Å². The monoisotopic (exact) mass is 1870 g/mol. The first-order chi connectivity index (χ1) is 65.7. The predicted molar refractivity (Wildman–Crippen MR) is 491 cm³/mol. The average Bonchev–Trinajstić information content (AvgIpc) is 1.60. The molecule has 2 saturated carbocycles. The molecule has 14 saturated heterocycles. The van der Waals surface area contributed by atoms with Gasteiger partial charge in [-0.3, -0.25) is 0 Å². The highest BCUT2D eigenvalue weighted by molar-refractivity contribution is 5.64. The number of fused-ring (bicyclic) bond motifs is 3. The predicted octanol–water partition coefficient (Wildman–Crippen LogP) is 18.3. The van der Waals surface area contributed by atoms with Crippen LogP contribution in [0.4, 0.5) is 0 Å². The molecule has 0 amide bonds. The topological polar surface area (TPSA) is 258 Å². The van der Waals surface area contributed by atoms with E-state index in [0.717, 1.165) is 162 Å². The lowest BCUT2D eigenvalue weighted by Gasteiger charge is -2.27. The van der Waals surface area contributed by atoms with Gasteiger partial charge in [-0.25, -0.2) is 0 Å². The van der Waals surface area contributed by atoms with E-state index in [1.165, 1.54) is 59.1 Å². The van der Waals surface area contributed by atoms with Crippen molar-refractivity contribution in [1.82, 2.24) is 0 Å². The third-order valence-corrected chi connectivity index (χ3v) is 27.5. The maximum absolute atomic E-state index is 6.17. The lowest BCUT2D eigenvalue weighted by atomic mass is 9.78. The molecule has 16 fully saturated rings. The number of para-hydroxylation sites is 1. The average molecular weight is 1870 g/mol. The van der Waals surface area contributed by atoms with E-state index in [0.29, 0.717) is 130 Å². The summed E-state index contributed by atoms with van der Waals surface area (Å²) in [4.78, 5) is 0. The molecule has 732 valence electrons. The largest absolute Gasteiger partial charge is 0.491 e.